The van der Waals surface area contributed by atoms with Crippen LogP contribution in [0.3, 0.4) is 0 Å². The fourth-order valence-electron chi connectivity index (χ4n) is 16.1. The summed E-state index contributed by atoms with van der Waals surface area (Å²) in [7, 11) is 2.49. The molecule has 0 saturated carbocycles. The van der Waals surface area contributed by atoms with Crippen LogP contribution in [-0.2, 0) is 0 Å². The summed E-state index contributed by atoms with van der Waals surface area (Å²) in [6.07, 6.45) is 53.4. The Kier molecular flexibility index (Phi) is 63.3. The van der Waals surface area contributed by atoms with Crippen LogP contribution in [-0.4, -0.2) is 126 Å². The molecule has 0 aromatic heterocycles. The molecule has 10 amide bonds. The van der Waals surface area contributed by atoms with E-state index in [2.05, 4.69) is 95.6 Å². The Bertz CT molecular complexity index is 4100. The Morgan fingerprint density at radius 3 is 0.507 bits per heavy atom. The lowest BCUT2D eigenvalue weighted by atomic mass is 10.1. The van der Waals surface area contributed by atoms with Gasteiger partial charge in [-0.15, -0.1) is 0 Å². The molecule has 5 rings (SSSR count). The predicted octanol–water partition coefficient (Wildman–Crippen LogP) is 24.2. The number of methoxy groups -OCH3 is 2. The van der Waals surface area contributed by atoms with Crippen molar-refractivity contribution >= 4 is 59.1 Å². The number of carbonyl (C=O) groups is 10. The predicted molar refractivity (Wildman–Crippen MR) is 548 cm³/mol. The van der Waals surface area contributed by atoms with E-state index < -0.39 is 59.1 Å². The second-order valence-corrected chi connectivity index (χ2v) is 36.1. The topological polar surface area (TPSA) is 365 Å². The van der Waals surface area contributed by atoms with E-state index in [1.807, 2.05) is 13.8 Å². The van der Waals surface area contributed by atoms with Gasteiger partial charge in [0.1, 0.15) is 46.0 Å². The van der Waals surface area contributed by atoms with Crippen LogP contribution in [0.2, 0.25) is 0 Å². The zero-order valence-electron chi connectivity index (χ0n) is 85.7. The van der Waals surface area contributed by atoms with Gasteiger partial charge in [-0.3, -0.25) is 91.4 Å². The van der Waals surface area contributed by atoms with Crippen molar-refractivity contribution in [3.8, 4) is 46.0 Å². The Morgan fingerprint density at radius 2 is 0.341 bits per heavy atom. The Labute approximate surface area is 825 Å². The number of rotatable bonds is 78. The van der Waals surface area contributed by atoms with Gasteiger partial charge in [-0.1, -0.05) is 350 Å². The average Bonchev–Trinajstić information content (AvgIpc) is 0.832. The van der Waals surface area contributed by atoms with Gasteiger partial charge < -0.3 is 48.5 Å². The third-order valence-electron chi connectivity index (χ3n) is 24.5. The summed E-state index contributed by atoms with van der Waals surface area (Å²) in [4.78, 5) is 145. The van der Waals surface area contributed by atoms with Gasteiger partial charge in [-0.25, -0.2) is 0 Å². The standard InChI is InChI=1S/C110H172N10O18/c1-11-19-27-33-39-45-51-57-71-133-93-80-95(135-73-59-53-47-41-35-29-21-13-3)89(77-87(93)101(121)111-69-25-17-7)107(127)117-113-103(123)83-65-63-67-85(99(83)131-9)105(125)115-119-109(129)91-79-92(98(138-76-62-56-50-44-38-32-24-16-6)82-97(91)137-75-61-55-49-43-37-31-23-15-5)110(130)120-116-106(126)86-68-64-66-84(100(86)132-10)104(124)114-118-108(128)90-78-88(102(122)112-70-26-18-8)94(134-72-58-52-46-40-34-28-20-12-2)81-96(90)136-74-60-54-48-42-36-30-22-14-4/h63-68,77-82H,11-62,69-76H2,1-10H3,(H,111,121)(H,112,122)(H,113,123)(H,114,124)(H,115,125)(H,116,126)(H,117,127)(H,118,128)(H,119,129)(H,120,130). The minimum Gasteiger partial charge on any atom is -0.495 e. The highest BCUT2D eigenvalue weighted by Crippen LogP contribution is 2.36. The van der Waals surface area contributed by atoms with Crippen molar-refractivity contribution < 1.29 is 85.8 Å². The Hall–Kier alpha value is -10.8. The Morgan fingerprint density at radius 1 is 0.188 bits per heavy atom. The molecule has 0 unspecified atom stereocenters. The number of hydrazine groups is 4. The summed E-state index contributed by atoms with van der Waals surface area (Å²) < 4.78 is 49.8. The number of hydrogen-bond donors (Lipinski definition) is 10. The first kappa shape index (κ1) is 118. The van der Waals surface area contributed by atoms with E-state index >= 15 is 0 Å². The second-order valence-electron chi connectivity index (χ2n) is 36.1. The smallest absolute Gasteiger partial charge is 0.273 e. The third-order valence-corrected chi connectivity index (χ3v) is 24.5. The lowest BCUT2D eigenvalue weighted by Gasteiger charge is -2.19. The number of amides is 10. The van der Waals surface area contributed by atoms with Crippen molar-refractivity contribution in [1.82, 2.24) is 54.0 Å². The molecule has 28 nitrogen and oxygen atoms in total. The number of carbonyl (C=O) groups excluding carboxylic acids is 10. The van der Waals surface area contributed by atoms with Crippen LogP contribution in [0.4, 0.5) is 0 Å². The van der Waals surface area contributed by atoms with Crippen molar-refractivity contribution in [2.45, 2.75) is 389 Å². The number of hydrogen-bond acceptors (Lipinski definition) is 18. The minimum atomic E-state index is -0.954. The molecule has 5 aromatic carbocycles. The highest BCUT2D eigenvalue weighted by molar-refractivity contribution is 6.10. The van der Waals surface area contributed by atoms with Crippen molar-refractivity contribution in [2.24, 2.45) is 0 Å². The van der Waals surface area contributed by atoms with Gasteiger partial charge in [-0.05, 0) is 93.8 Å². The van der Waals surface area contributed by atoms with Gasteiger partial charge >= 0.3 is 0 Å². The van der Waals surface area contributed by atoms with E-state index in [1.165, 1.54) is 152 Å². The second kappa shape index (κ2) is 74.3. The largest absolute Gasteiger partial charge is 0.495 e. The van der Waals surface area contributed by atoms with Gasteiger partial charge in [0.05, 0.1) is 109 Å². The maximum Gasteiger partial charge on any atom is 0.273 e. The van der Waals surface area contributed by atoms with Gasteiger partial charge in [-0.2, -0.15) is 0 Å². The molecule has 0 fully saturated rings. The molecule has 0 aliphatic carbocycles. The molecule has 0 aliphatic rings. The quantitative estimate of drug-likeness (QED) is 0.0128. The lowest BCUT2D eigenvalue weighted by molar-refractivity contribution is 0.0833. The summed E-state index contributed by atoms with van der Waals surface area (Å²) in [5, 5.41) is 5.93. The van der Waals surface area contributed by atoms with Crippen molar-refractivity contribution in [3.63, 3.8) is 0 Å². The van der Waals surface area contributed by atoms with Crippen LogP contribution < -0.4 is 91.9 Å². The highest BCUT2D eigenvalue weighted by atomic mass is 16.5. The minimum absolute atomic E-state index is 0.00225. The first-order valence-electron chi connectivity index (χ1n) is 53.0. The van der Waals surface area contributed by atoms with E-state index in [1.54, 1.807) is 12.1 Å². The molecule has 0 bridgehead atoms. The summed E-state index contributed by atoms with van der Waals surface area (Å²) in [5.74, 6) is -7.74. The summed E-state index contributed by atoms with van der Waals surface area (Å²) >= 11 is 0. The SMILES string of the molecule is CCCCCCCCCCOc1cc(OCCCCCCCCCC)c(C(=O)NNC(=O)c2cccc(C(=O)NNC(=O)c3cc(C(=O)NNC(=O)c4cccc(C(=O)NNC(=O)c5cc(C(=O)NCCCC)c(OCCCCCCCCCC)cc5OCCCCCCCCCC)c4OC)c(OCCCCCCCCCC)cc3OCCCCCCCCCC)c2OC)cc1C(=O)NCCCC. The summed E-state index contributed by atoms with van der Waals surface area (Å²) in [6, 6.07) is 16.9. The zero-order valence-corrected chi connectivity index (χ0v) is 85.7. The molecule has 770 valence electrons. The van der Waals surface area contributed by atoms with Crippen LogP contribution >= 0.6 is 0 Å². The van der Waals surface area contributed by atoms with Gasteiger partial charge in [0.15, 0.2) is 0 Å². The maximum absolute atomic E-state index is 14.9. The fraction of sp³-hybridized carbons (Fsp3) is 0.636. The molecule has 5 aromatic rings. The third kappa shape index (κ3) is 45.9. The average molecular weight is 1920 g/mol. The fourth-order valence-corrected chi connectivity index (χ4v) is 16.1. The number of para-hydroxylation sites is 2. The number of nitrogens with one attached hydrogen (secondary N) is 10. The van der Waals surface area contributed by atoms with Crippen LogP contribution in [0.5, 0.6) is 46.0 Å². The van der Waals surface area contributed by atoms with Gasteiger partial charge in [0.25, 0.3) is 59.1 Å². The molecule has 0 radical (unpaired) electrons. The van der Waals surface area contributed by atoms with Crippen LogP contribution in [0.1, 0.15) is 493 Å². The maximum atomic E-state index is 14.9. The zero-order chi connectivity index (χ0) is 99.8. The monoisotopic (exact) mass is 1920 g/mol. The first-order valence-corrected chi connectivity index (χ1v) is 53.0. The molecular formula is C110H172N10O18. The van der Waals surface area contributed by atoms with E-state index in [-0.39, 0.29) is 128 Å². The number of ether oxygens (including phenoxy) is 8. The summed E-state index contributed by atoms with van der Waals surface area (Å²) in [5.41, 5.74) is 18.5. The molecule has 138 heavy (non-hydrogen) atoms. The van der Waals surface area contributed by atoms with E-state index in [0.717, 1.165) is 231 Å². The van der Waals surface area contributed by atoms with Crippen molar-refractivity contribution in [3.05, 3.63) is 128 Å². The molecule has 0 saturated heterocycles. The number of unbranched alkanes of at least 4 members (excludes halogenated alkanes) is 44. The van der Waals surface area contributed by atoms with Gasteiger partial charge in [0, 0.05) is 31.3 Å². The summed E-state index contributed by atoms with van der Waals surface area (Å²) in [6.45, 7) is 19.5. The van der Waals surface area contributed by atoms with E-state index in [9.17, 15) is 47.9 Å². The van der Waals surface area contributed by atoms with Crippen LogP contribution in [0, 0.1) is 0 Å². The van der Waals surface area contributed by atoms with Gasteiger partial charge in [0.2, 0.25) is 0 Å². The molecule has 0 spiro atoms. The van der Waals surface area contributed by atoms with Crippen molar-refractivity contribution in [1.29, 1.82) is 0 Å². The van der Waals surface area contributed by atoms with Crippen LogP contribution in [0.25, 0.3) is 0 Å². The highest BCUT2D eigenvalue weighted by Gasteiger charge is 2.30. The number of benzene rings is 5. The Balaban J connectivity index is 1.45. The van der Waals surface area contributed by atoms with Crippen LogP contribution in [0.15, 0.2) is 72.8 Å². The molecule has 0 atom stereocenters. The molecular weight excluding hydrogens is 1750 g/mol. The first-order chi connectivity index (χ1) is 67.4. The van der Waals surface area contributed by atoms with E-state index in [4.69, 9.17) is 37.9 Å². The van der Waals surface area contributed by atoms with Crippen molar-refractivity contribution in [2.75, 3.05) is 67.0 Å². The normalized spacial score (nSPS) is 11.0. The van der Waals surface area contributed by atoms with E-state index in [0.29, 0.717) is 52.0 Å². The molecule has 28 heteroatoms. The lowest BCUT2D eigenvalue weighted by Crippen LogP contribution is -2.43. The molecule has 10 N–H and O–H groups in total. The molecule has 0 heterocycles. The molecule has 0 aliphatic heterocycles.